The summed E-state index contributed by atoms with van der Waals surface area (Å²) >= 11 is 0. The molecule has 1 heterocycles. The third-order valence-corrected chi connectivity index (χ3v) is 4.77. The van der Waals surface area contributed by atoms with Crippen molar-refractivity contribution >= 4 is 6.03 Å². The van der Waals surface area contributed by atoms with Crippen molar-refractivity contribution in [2.24, 2.45) is 7.05 Å². The number of benzene rings is 2. The highest BCUT2D eigenvalue weighted by molar-refractivity contribution is 5.76. The molecule has 3 aromatic rings. The Morgan fingerprint density at radius 2 is 1.78 bits per heavy atom. The first kappa shape index (κ1) is 23.3. The summed E-state index contributed by atoms with van der Waals surface area (Å²) in [5.41, 5.74) is 2.11. The second-order valence-electron chi connectivity index (χ2n) is 8.78. The van der Waals surface area contributed by atoms with Gasteiger partial charge < -0.3 is 15.0 Å². The number of carbonyl (C=O) groups is 1. The minimum atomic E-state index is -0.353. The van der Waals surface area contributed by atoms with E-state index in [-0.39, 0.29) is 17.4 Å². The van der Waals surface area contributed by atoms with E-state index in [9.17, 15) is 9.18 Å². The van der Waals surface area contributed by atoms with Crippen molar-refractivity contribution in [3.63, 3.8) is 0 Å². The van der Waals surface area contributed by atoms with Crippen LogP contribution in [0.5, 0.6) is 11.6 Å². The van der Waals surface area contributed by atoms with Gasteiger partial charge in [-0.3, -0.25) is 0 Å². The average molecular weight is 439 g/mol. The number of hydrogen-bond donors (Lipinski definition) is 1. The van der Waals surface area contributed by atoms with Crippen molar-refractivity contribution < 1.29 is 13.9 Å². The van der Waals surface area contributed by atoms with Gasteiger partial charge in [0.1, 0.15) is 17.3 Å². The lowest BCUT2D eigenvalue weighted by atomic mass is 10.1. The number of nitrogens with zero attached hydrogens (tertiary/aromatic N) is 3. The van der Waals surface area contributed by atoms with Crippen LogP contribution in [0.1, 0.15) is 39.7 Å². The third-order valence-electron chi connectivity index (χ3n) is 4.77. The molecule has 0 aliphatic heterocycles. The summed E-state index contributed by atoms with van der Waals surface area (Å²) in [5.74, 6) is 0.678. The van der Waals surface area contributed by atoms with Gasteiger partial charge in [-0.05, 0) is 51.5 Å². The van der Waals surface area contributed by atoms with E-state index in [1.165, 1.54) is 12.1 Å². The van der Waals surface area contributed by atoms with Gasteiger partial charge >= 0.3 is 6.03 Å². The van der Waals surface area contributed by atoms with Crippen molar-refractivity contribution in [3.05, 3.63) is 66.0 Å². The Morgan fingerprint density at radius 1 is 1.12 bits per heavy atom. The highest BCUT2D eigenvalue weighted by Crippen LogP contribution is 2.34. The molecule has 1 aromatic heterocycles. The molecular weight excluding hydrogens is 407 g/mol. The van der Waals surface area contributed by atoms with Crippen LogP contribution in [0.4, 0.5) is 9.18 Å². The summed E-state index contributed by atoms with van der Waals surface area (Å²) in [6, 6.07) is 15.5. The average Bonchev–Trinajstić information content (AvgIpc) is 3.04. The molecule has 0 aliphatic carbocycles. The van der Waals surface area contributed by atoms with E-state index in [1.54, 1.807) is 28.8 Å². The van der Waals surface area contributed by atoms with E-state index in [1.807, 2.05) is 58.0 Å². The summed E-state index contributed by atoms with van der Waals surface area (Å²) in [7, 11) is 1.80. The maximum atomic E-state index is 13.4. The lowest BCUT2D eigenvalue weighted by molar-refractivity contribution is 0.185. The van der Waals surface area contributed by atoms with Crippen LogP contribution >= 0.6 is 0 Å². The maximum Gasteiger partial charge on any atom is 0.318 e. The molecule has 6 nitrogen and oxygen atoms in total. The first-order chi connectivity index (χ1) is 15.2. The van der Waals surface area contributed by atoms with Gasteiger partial charge in [0, 0.05) is 24.7 Å². The molecule has 0 atom stereocenters. The Hall–Kier alpha value is -3.35. The van der Waals surface area contributed by atoms with Crippen molar-refractivity contribution in [2.45, 2.75) is 46.2 Å². The summed E-state index contributed by atoms with van der Waals surface area (Å²) < 4.78 is 21.2. The summed E-state index contributed by atoms with van der Waals surface area (Å²) in [6.45, 7) is 8.81. The van der Waals surface area contributed by atoms with Gasteiger partial charge in [-0.2, -0.15) is 5.10 Å². The first-order valence-corrected chi connectivity index (χ1v) is 10.8. The normalized spacial score (nSPS) is 11.3. The largest absolute Gasteiger partial charge is 0.439 e. The number of hydrogen-bond acceptors (Lipinski definition) is 3. The van der Waals surface area contributed by atoms with E-state index in [4.69, 9.17) is 9.84 Å². The Kier molecular flexibility index (Phi) is 7.18. The zero-order chi connectivity index (χ0) is 23.3. The SMILES string of the molecule is CCCN(Cc1c(-c2ccccc2)nn(C)c1Oc1ccc(F)cc1)C(=O)NC(C)(C)C. The van der Waals surface area contributed by atoms with E-state index >= 15 is 0 Å². The molecule has 0 saturated carbocycles. The third kappa shape index (κ3) is 5.87. The standard InChI is InChI=1S/C25H31FN4O2/c1-6-16-30(24(31)27-25(2,3)4)17-21-22(18-10-8-7-9-11-18)28-29(5)23(21)32-20-14-12-19(26)13-15-20/h7-15H,6,16-17H2,1-5H3,(H,27,31). The quantitative estimate of drug-likeness (QED) is 0.512. The molecule has 3 rings (SSSR count). The highest BCUT2D eigenvalue weighted by Gasteiger charge is 2.25. The van der Waals surface area contributed by atoms with Crippen LogP contribution < -0.4 is 10.1 Å². The number of rotatable bonds is 7. The Labute approximate surface area is 189 Å². The van der Waals surface area contributed by atoms with Gasteiger partial charge in [0.2, 0.25) is 5.88 Å². The van der Waals surface area contributed by atoms with E-state index in [2.05, 4.69) is 5.32 Å². The van der Waals surface area contributed by atoms with Crippen LogP contribution in [-0.2, 0) is 13.6 Å². The fraction of sp³-hybridized carbons (Fsp3) is 0.360. The van der Waals surface area contributed by atoms with Crippen molar-refractivity contribution in [1.82, 2.24) is 20.0 Å². The van der Waals surface area contributed by atoms with Crippen LogP contribution in [0.2, 0.25) is 0 Å². The molecule has 1 N–H and O–H groups in total. The van der Waals surface area contributed by atoms with Gasteiger partial charge in [0.05, 0.1) is 12.1 Å². The minimum absolute atomic E-state index is 0.144. The lowest BCUT2D eigenvalue weighted by Crippen LogP contribution is -2.48. The summed E-state index contributed by atoms with van der Waals surface area (Å²) in [6.07, 6.45) is 0.812. The Bertz CT molecular complexity index is 1040. The topological polar surface area (TPSA) is 59.4 Å². The van der Waals surface area contributed by atoms with Crippen LogP contribution in [0, 0.1) is 5.82 Å². The second-order valence-corrected chi connectivity index (χ2v) is 8.78. The van der Waals surface area contributed by atoms with Crippen LogP contribution in [-0.4, -0.2) is 32.8 Å². The number of ether oxygens (including phenoxy) is 1. The fourth-order valence-corrected chi connectivity index (χ4v) is 3.38. The van der Waals surface area contributed by atoms with E-state index in [0.717, 1.165) is 23.2 Å². The Morgan fingerprint density at radius 3 is 2.38 bits per heavy atom. The van der Waals surface area contributed by atoms with Gasteiger partial charge in [0.25, 0.3) is 0 Å². The van der Waals surface area contributed by atoms with Gasteiger partial charge in [-0.25, -0.2) is 13.9 Å². The molecule has 0 aliphatic rings. The predicted molar refractivity (Wildman–Crippen MR) is 124 cm³/mol. The van der Waals surface area contributed by atoms with Crippen molar-refractivity contribution in [3.8, 4) is 22.9 Å². The number of aryl methyl sites for hydroxylation is 1. The number of urea groups is 1. The molecule has 7 heteroatoms. The lowest BCUT2D eigenvalue weighted by Gasteiger charge is -2.28. The number of halogens is 1. The monoisotopic (exact) mass is 438 g/mol. The Balaban J connectivity index is 2.03. The molecular formula is C25H31FN4O2. The second kappa shape index (κ2) is 9.85. The number of amides is 2. The summed E-state index contributed by atoms with van der Waals surface area (Å²) in [5, 5.41) is 7.74. The smallest absolute Gasteiger partial charge is 0.318 e. The van der Waals surface area contributed by atoms with Gasteiger partial charge in [-0.15, -0.1) is 0 Å². The van der Waals surface area contributed by atoms with Gasteiger partial charge in [-0.1, -0.05) is 37.3 Å². The van der Waals surface area contributed by atoms with Crippen molar-refractivity contribution in [1.29, 1.82) is 0 Å². The zero-order valence-corrected chi connectivity index (χ0v) is 19.4. The molecule has 0 spiro atoms. The molecule has 0 bridgehead atoms. The zero-order valence-electron chi connectivity index (χ0n) is 19.4. The van der Waals surface area contributed by atoms with Crippen LogP contribution in [0.3, 0.4) is 0 Å². The summed E-state index contributed by atoms with van der Waals surface area (Å²) in [4.78, 5) is 14.8. The van der Waals surface area contributed by atoms with Crippen LogP contribution in [0.25, 0.3) is 11.3 Å². The molecule has 0 saturated heterocycles. The first-order valence-electron chi connectivity index (χ1n) is 10.8. The minimum Gasteiger partial charge on any atom is -0.439 e. The number of carbonyl (C=O) groups excluding carboxylic acids is 1. The fourth-order valence-electron chi connectivity index (χ4n) is 3.38. The molecule has 170 valence electrons. The molecule has 2 aromatic carbocycles. The van der Waals surface area contributed by atoms with Crippen molar-refractivity contribution in [2.75, 3.05) is 6.54 Å². The van der Waals surface area contributed by atoms with E-state index < -0.39 is 0 Å². The van der Waals surface area contributed by atoms with E-state index in [0.29, 0.717) is 24.7 Å². The molecule has 0 unspecified atom stereocenters. The maximum absolute atomic E-state index is 13.4. The molecule has 2 amide bonds. The predicted octanol–water partition coefficient (Wildman–Crippen LogP) is 5.74. The number of nitrogens with one attached hydrogen (secondary N) is 1. The molecule has 0 radical (unpaired) electrons. The van der Waals surface area contributed by atoms with Gasteiger partial charge in [0.15, 0.2) is 0 Å². The molecule has 32 heavy (non-hydrogen) atoms. The molecule has 0 fully saturated rings. The van der Waals surface area contributed by atoms with Crippen LogP contribution in [0.15, 0.2) is 54.6 Å². The number of aromatic nitrogens is 2. The highest BCUT2D eigenvalue weighted by atomic mass is 19.1.